The Bertz CT molecular complexity index is 1200. The second kappa shape index (κ2) is 7.92. The lowest BCUT2D eigenvalue weighted by molar-refractivity contribution is 0.102. The Morgan fingerprint density at radius 2 is 1.72 bits per heavy atom. The average molecular weight is 414 g/mol. The van der Waals surface area contributed by atoms with Crippen molar-refractivity contribution in [1.29, 1.82) is 0 Å². The van der Waals surface area contributed by atoms with E-state index in [0.29, 0.717) is 5.75 Å². The molecular formula is C21H13F3N2O2S. The lowest BCUT2D eigenvalue weighted by Gasteiger charge is -2.11. The number of hydrogen-bond acceptors (Lipinski definition) is 4. The number of thiazole rings is 1. The maximum absolute atomic E-state index is 13.9. The smallest absolute Gasteiger partial charge is 0.261 e. The molecule has 1 heterocycles. The number of fused-ring (bicyclic) bond motifs is 1. The van der Waals surface area contributed by atoms with Gasteiger partial charge in [-0.3, -0.25) is 10.1 Å². The predicted molar refractivity (Wildman–Crippen MR) is 105 cm³/mol. The number of amides is 1. The zero-order valence-corrected chi connectivity index (χ0v) is 15.6. The van der Waals surface area contributed by atoms with Gasteiger partial charge in [0.25, 0.3) is 5.91 Å². The Hall–Kier alpha value is -3.39. The number of carbonyl (C=O) groups is 1. The number of nitrogens with one attached hydrogen (secondary N) is 1. The summed E-state index contributed by atoms with van der Waals surface area (Å²) in [6.07, 6.45) is 0. The lowest BCUT2D eigenvalue weighted by Crippen LogP contribution is -2.13. The van der Waals surface area contributed by atoms with E-state index in [0.717, 1.165) is 23.0 Å². The normalized spacial score (nSPS) is 10.9. The third kappa shape index (κ3) is 3.93. The third-order valence-electron chi connectivity index (χ3n) is 4.11. The van der Waals surface area contributed by atoms with E-state index < -0.39 is 23.4 Å². The first kappa shape index (κ1) is 18.9. The van der Waals surface area contributed by atoms with Crippen LogP contribution in [-0.4, -0.2) is 10.9 Å². The van der Waals surface area contributed by atoms with Crippen molar-refractivity contribution in [3.63, 3.8) is 0 Å². The first-order valence-corrected chi connectivity index (χ1v) is 9.35. The summed E-state index contributed by atoms with van der Waals surface area (Å²) in [4.78, 5) is 16.5. The van der Waals surface area contributed by atoms with Gasteiger partial charge in [0, 0.05) is 0 Å². The van der Waals surface area contributed by atoms with E-state index in [-0.39, 0.29) is 27.5 Å². The maximum Gasteiger partial charge on any atom is 0.261 e. The van der Waals surface area contributed by atoms with Crippen LogP contribution in [-0.2, 0) is 6.61 Å². The van der Waals surface area contributed by atoms with Gasteiger partial charge in [-0.15, -0.1) is 0 Å². The number of ether oxygens (including phenoxy) is 1. The summed E-state index contributed by atoms with van der Waals surface area (Å²) < 4.78 is 46.5. The van der Waals surface area contributed by atoms with E-state index in [1.165, 1.54) is 0 Å². The molecule has 3 aromatic carbocycles. The molecule has 0 saturated carbocycles. The van der Waals surface area contributed by atoms with Crippen LogP contribution in [0.3, 0.4) is 0 Å². The van der Waals surface area contributed by atoms with Crippen molar-refractivity contribution in [2.75, 3.05) is 5.32 Å². The first-order valence-electron chi connectivity index (χ1n) is 8.54. The Morgan fingerprint density at radius 3 is 2.52 bits per heavy atom. The molecule has 0 fully saturated rings. The largest absolute Gasteiger partial charge is 0.488 e. The Morgan fingerprint density at radius 1 is 1.00 bits per heavy atom. The molecule has 4 rings (SSSR count). The molecule has 0 saturated heterocycles. The van der Waals surface area contributed by atoms with E-state index in [2.05, 4.69) is 10.3 Å². The van der Waals surface area contributed by atoms with Crippen molar-refractivity contribution in [1.82, 2.24) is 4.98 Å². The summed E-state index contributed by atoms with van der Waals surface area (Å²) in [6.45, 7) is 0.274. The molecule has 146 valence electrons. The fraction of sp³-hybridized carbons (Fsp3) is 0.0476. The minimum Gasteiger partial charge on any atom is -0.488 e. The second-order valence-corrected chi connectivity index (χ2v) is 7.11. The zero-order valence-electron chi connectivity index (χ0n) is 14.8. The zero-order chi connectivity index (χ0) is 20.4. The summed E-state index contributed by atoms with van der Waals surface area (Å²) in [6, 6.07) is 16.9. The molecule has 0 spiro atoms. The van der Waals surface area contributed by atoms with Crippen molar-refractivity contribution >= 4 is 32.6 Å². The van der Waals surface area contributed by atoms with E-state index >= 15 is 0 Å². The summed E-state index contributed by atoms with van der Waals surface area (Å²) in [5.74, 6) is -4.47. The third-order valence-corrected chi connectivity index (χ3v) is 5.03. The standard InChI is InChI=1S/C21H13F3N2O2S/c22-14-10-16-19(18(24)17(14)23)25-21(29-16)26-20(27)13-8-4-5-9-15(13)28-11-12-6-2-1-3-7-12/h1-10H,11H2,(H,25,26,27). The lowest BCUT2D eigenvalue weighted by atomic mass is 10.2. The number of hydrogen-bond donors (Lipinski definition) is 1. The van der Waals surface area contributed by atoms with Crippen molar-refractivity contribution in [3.05, 3.63) is 89.2 Å². The number of halogens is 3. The van der Waals surface area contributed by atoms with Crippen molar-refractivity contribution in [2.24, 2.45) is 0 Å². The molecule has 1 amide bonds. The molecule has 0 atom stereocenters. The molecule has 0 unspecified atom stereocenters. The van der Waals surface area contributed by atoms with Gasteiger partial charge in [-0.1, -0.05) is 53.8 Å². The summed E-state index contributed by atoms with van der Waals surface area (Å²) >= 11 is 0.843. The van der Waals surface area contributed by atoms with E-state index in [4.69, 9.17) is 4.74 Å². The summed E-state index contributed by atoms with van der Waals surface area (Å²) in [5, 5.41) is 2.55. The van der Waals surface area contributed by atoms with E-state index in [9.17, 15) is 18.0 Å². The SMILES string of the molecule is O=C(Nc1nc2c(F)c(F)c(F)cc2s1)c1ccccc1OCc1ccccc1. The summed E-state index contributed by atoms with van der Waals surface area (Å²) in [7, 11) is 0. The first-order chi connectivity index (χ1) is 14.0. The van der Waals surface area contributed by atoms with Crippen LogP contribution in [0.15, 0.2) is 60.7 Å². The molecule has 0 bridgehead atoms. The Kier molecular flexibility index (Phi) is 5.18. The molecule has 29 heavy (non-hydrogen) atoms. The minimum absolute atomic E-state index is 0.0202. The highest BCUT2D eigenvalue weighted by Crippen LogP contribution is 2.31. The molecule has 1 aromatic heterocycles. The van der Waals surface area contributed by atoms with Crippen molar-refractivity contribution in [3.8, 4) is 5.75 Å². The highest BCUT2D eigenvalue weighted by atomic mass is 32.1. The van der Waals surface area contributed by atoms with Gasteiger partial charge < -0.3 is 4.74 Å². The molecule has 0 radical (unpaired) electrons. The van der Waals surface area contributed by atoms with Gasteiger partial charge in [0.05, 0.1) is 10.3 Å². The molecule has 4 aromatic rings. The van der Waals surface area contributed by atoms with Gasteiger partial charge in [0.2, 0.25) is 0 Å². The highest BCUT2D eigenvalue weighted by molar-refractivity contribution is 7.22. The van der Waals surface area contributed by atoms with Crippen LogP contribution in [0.2, 0.25) is 0 Å². The van der Waals surface area contributed by atoms with Gasteiger partial charge in [0.15, 0.2) is 22.6 Å². The van der Waals surface area contributed by atoms with Crippen LogP contribution in [0.4, 0.5) is 18.3 Å². The molecule has 0 aliphatic carbocycles. The average Bonchev–Trinajstić information content (AvgIpc) is 3.13. The highest BCUT2D eigenvalue weighted by Gasteiger charge is 2.19. The number of anilines is 1. The van der Waals surface area contributed by atoms with Crippen LogP contribution < -0.4 is 10.1 Å². The van der Waals surface area contributed by atoms with Crippen molar-refractivity contribution in [2.45, 2.75) is 6.61 Å². The minimum atomic E-state index is -1.60. The van der Waals surface area contributed by atoms with Gasteiger partial charge in [-0.05, 0) is 23.8 Å². The number of benzene rings is 3. The molecular weight excluding hydrogens is 401 g/mol. The topological polar surface area (TPSA) is 51.2 Å². The van der Waals surface area contributed by atoms with Gasteiger partial charge in [-0.2, -0.15) is 0 Å². The molecule has 1 N–H and O–H groups in total. The Labute approximate surface area is 167 Å². The van der Waals surface area contributed by atoms with Crippen LogP contribution in [0.5, 0.6) is 5.75 Å². The number of carbonyl (C=O) groups excluding carboxylic acids is 1. The number of aromatic nitrogens is 1. The van der Waals surface area contributed by atoms with E-state index in [1.54, 1.807) is 24.3 Å². The fourth-order valence-electron chi connectivity index (χ4n) is 2.71. The van der Waals surface area contributed by atoms with Crippen LogP contribution in [0.25, 0.3) is 10.2 Å². The van der Waals surface area contributed by atoms with E-state index in [1.807, 2.05) is 30.3 Å². The number of nitrogens with zero attached hydrogens (tertiary/aromatic N) is 1. The predicted octanol–water partition coefficient (Wildman–Crippen LogP) is 5.54. The second-order valence-electron chi connectivity index (χ2n) is 6.08. The maximum atomic E-state index is 13.9. The fourth-order valence-corrected chi connectivity index (χ4v) is 3.59. The van der Waals surface area contributed by atoms with Crippen molar-refractivity contribution < 1.29 is 22.7 Å². The number of para-hydroxylation sites is 1. The molecule has 4 nitrogen and oxygen atoms in total. The Balaban J connectivity index is 1.56. The number of rotatable bonds is 5. The van der Waals surface area contributed by atoms with Crippen LogP contribution in [0, 0.1) is 17.5 Å². The van der Waals surface area contributed by atoms with Crippen LogP contribution in [0.1, 0.15) is 15.9 Å². The molecule has 8 heteroatoms. The van der Waals surface area contributed by atoms with Gasteiger partial charge in [-0.25, -0.2) is 18.2 Å². The van der Waals surface area contributed by atoms with Crippen LogP contribution >= 0.6 is 11.3 Å². The molecule has 0 aliphatic rings. The van der Waals surface area contributed by atoms with Gasteiger partial charge >= 0.3 is 0 Å². The molecule has 0 aliphatic heterocycles. The quantitative estimate of drug-likeness (QED) is 0.436. The van der Waals surface area contributed by atoms with Gasteiger partial charge in [0.1, 0.15) is 17.9 Å². The monoisotopic (exact) mass is 414 g/mol. The summed E-state index contributed by atoms with van der Waals surface area (Å²) in [5.41, 5.74) is 0.853.